The summed E-state index contributed by atoms with van der Waals surface area (Å²) in [5.41, 5.74) is 0. The number of amides is 1. The predicted octanol–water partition coefficient (Wildman–Crippen LogP) is -0.0291. The Hall–Kier alpha value is -0.610. The first kappa shape index (κ1) is 11.5. The Morgan fingerprint density at radius 2 is 2.07 bits per heavy atom. The molecular weight excluding hydrogens is 180 g/mol. The van der Waals surface area contributed by atoms with Crippen molar-refractivity contribution in [2.24, 2.45) is 0 Å². The van der Waals surface area contributed by atoms with Crippen LogP contribution in [0.15, 0.2) is 0 Å². The largest absolute Gasteiger partial charge is 0.396 e. The normalized spacial score (nSPS) is 17.5. The van der Waals surface area contributed by atoms with Crippen LogP contribution in [0.4, 0.5) is 0 Å². The highest BCUT2D eigenvalue weighted by Crippen LogP contribution is 2.02. The fourth-order valence-corrected chi connectivity index (χ4v) is 1.65. The molecule has 0 aliphatic carbocycles. The summed E-state index contributed by atoms with van der Waals surface area (Å²) in [6, 6.07) is 0. The van der Waals surface area contributed by atoms with Crippen molar-refractivity contribution in [2.75, 3.05) is 32.8 Å². The number of hydrogen-bond donors (Lipinski definition) is 2. The number of carbonyl (C=O) groups is 1. The molecule has 0 aromatic rings. The van der Waals surface area contributed by atoms with Gasteiger partial charge in [0.25, 0.3) is 0 Å². The molecule has 0 atom stereocenters. The summed E-state index contributed by atoms with van der Waals surface area (Å²) in [6.07, 6.45) is 4.12. The average Bonchev–Trinajstić information content (AvgIpc) is 2.20. The van der Waals surface area contributed by atoms with Gasteiger partial charge < -0.3 is 15.3 Å². The number of rotatable bonds is 6. The lowest BCUT2D eigenvalue weighted by atomic mass is 10.2. The Morgan fingerprint density at radius 1 is 1.29 bits per heavy atom. The van der Waals surface area contributed by atoms with Crippen LogP contribution in [0.25, 0.3) is 0 Å². The molecule has 0 bridgehead atoms. The number of piperazine rings is 1. The van der Waals surface area contributed by atoms with E-state index in [1.165, 1.54) is 0 Å². The molecule has 1 aliphatic rings. The van der Waals surface area contributed by atoms with Gasteiger partial charge in [-0.05, 0) is 12.8 Å². The third-order valence-electron chi connectivity index (χ3n) is 2.52. The fraction of sp³-hybridized carbons (Fsp3) is 0.900. The molecule has 0 radical (unpaired) electrons. The van der Waals surface area contributed by atoms with Gasteiger partial charge in [0.05, 0.1) is 6.54 Å². The van der Waals surface area contributed by atoms with Crippen LogP contribution in [0, 0.1) is 0 Å². The topological polar surface area (TPSA) is 52.6 Å². The van der Waals surface area contributed by atoms with Crippen molar-refractivity contribution in [3.8, 4) is 0 Å². The summed E-state index contributed by atoms with van der Waals surface area (Å²) >= 11 is 0. The van der Waals surface area contributed by atoms with E-state index in [2.05, 4.69) is 5.32 Å². The molecule has 0 unspecified atom stereocenters. The number of nitrogens with one attached hydrogen (secondary N) is 1. The highest BCUT2D eigenvalue weighted by molar-refractivity contribution is 5.78. The van der Waals surface area contributed by atoms with Gasteiger partial charge in [-0.3, -0.25) is 4.79 Å². The molecule has 1 fully saturated rings. The first-order chi connectivity index (χ1) is 6.84. The molecule has 4 heteroatoms. The van der Waals surface area contributed by atoms with Crippen molar-refractivity contribution in [1.82, 2.24) is 10.2 Å². The highest BCUT2D eigenvalue weighted by Gasteiger charge is 2.16. The van der Waals surface area contributed by atoms with Crippen LogP contribution in [0.5, 0.6) is 0 Å². The second kappa shape index (κ2) is 6.79. The second-order valence-electron chi connectivity index (χ2n) is 3.70. The number of aliphatic hydroxyl groups is 1. The first-order valence-electron chi connectivity index (χ1n) is 5.44. The number of hydrogen-bond acceptors (Lipinski definition) is 3. The van der Waals surface area contributed by atoms with E-state index in [0.717, 1.165) is 45.3 Å². The lowest BCUT2D eigenvalue weighted by Crippen LogP contribution is -2.48. The molecule has 1 amide bonds. The SMILES string of the molecule is O=C1CNCCN1CCCCCCO. The summed E-state index contributed by atoms with van der Waals surface area (Å²) in [6.45, 7) is 3.43. The molecule has 1 rings (SSSR count). The Morgan fingerprint density at radius 3 is 2.79 bits per heavy atom. The lowest BCUT2D eigenvalue weighted by Gasteiger charge is -2.27. The van der Waals surface area contributed by atoms with Crippen molar-refractivity contribution >= 4 is 5.91 Å². The van der Waals surface area contributed by atoms with E-state index < -0.39 is 0 Å². The molecular formula is C10H20N2O2. The fourth-order valence-electron chi connectivity index (χ4n) is 1.65. The van der Waals surface area contributed by atoms with Gasteiger partial charge in [0.15, 0.2) is 0 Å². The van der Waals surface area contributed by atoms with Gasteiger partial charge in [-0.2, -0.15) is 0 Å². The Bertz CT molecular complexity index is 174. The summed E-state index contributed by atoms with van der Waals surface area (Å²) in [5.74, 6) is 0.221. The molecule has 4 nitrogen and oxygen atoms in total. The van der Waals surface area contributed by atoms with Crippen LogP contribution >= 0.6 is 0 Å². The van der Waals surface area contributed by atoms with Crippen LogP contribution in [0.2, 0.25) is 0 Å². The standard InChI is InChI=1S/C10H20N2O2/c13-8-4-2-1-3-6-12-7-5-11-9-10(12)14/h11,13H,1-9H2. The zero-order chi connectivity index (χ0) is 10.2. The van der Waals surface area contributed by atoms with E-state index in [9.17, 15) is 4.79 Å². The van der Waals surface area contributed by atoms with E-state index in [0.29, 0.717) is 6.54 Å². The predicted molar refractivity (Wildman–Crippen MR) is 55.0 cm³/mol. The van der Waals surface area contributed by atoms with Gasteiger partial charge in [-0.15, -0.1) is 0 Å². The molecule has 14 heavy (non-hydrogen) atoms. The lowest BCUT2D eigenvalue weighted by molar-refractivity contribution is -0.131. The maximum absolute atomic E-state index is 11.3. The maximum Gasteiger partial charge on any atom is 0.236 e. The molecule has 2 N–H and O–H groups in total. The molecule has 1 heterocycles. The molecule has 82 valence electrons. The van der Waals surface area contributed by atoms with E-state index in [4.69, 9.17) is 5.11 Å². The van der Waals surface area contributed by atoms with E-state index in [1.807, 2.05) is 4.90 Å². The monoisotopic (exact) mass is 200 g/mol. The van der Waals surface area contributed by atoms with Crippen molar-refractivity contribution < 1.29 is 9.90 Å². The van der Waals surface area contributed by atoms with Crippen molar-refractivity contribution in [2.45, 2.75) is 25.7 Å². The van der Waals surface area contributed by atoms with Crippen LogP contribution in [0.1, 0.15) is 25.7 Å². The van der Waals surface area contributed by atoms with Gasteiger partial charge >= 0.3 is 0 Å². The van der Waals surface area contributed by atoms with Crippen LogP contribution < -0.4 is 5.32 Å². The van der Waals surface area contributed by atoms with Gasteiger partial charge in [0.2, 0.25) is 5.91 Å². The van der Waals surface area contributed by atoms with Gasteiger partial charge in [0, 0.05) is 26.2 Å². The Kier molecular flexibility index (Phi) is 5.56. The summed E-state index contributed by atoms with van der Waals surface area (Å²) < 4.78 is 0. The van der Waals surface area contributed by atoms with Crippen molar-refractivity contribution in [3.63, 3.8) is 0 Å². The van der Waals surface area contributed by atoms with E-state index in [1.54, 1.807) is 0 Å². The molecule has 0 aromatic carbocycles. The molecule has 1 aliphatic heterocycles. The Balaban J connectivity index is 2.02. The summed E-state index contributed by atoms with van der Waals surface area (Å²) in [4.78, 5) is 13.3. The quantitative estimate of drug-likeness (QED) is 0.592. The number of aliphatic hydroxyl groups excluding tert-OH is 1. The Labute approximate surface area is 85.3 Å². The minimum Gasteiger partial charge on any atom is -0.396 e. The zero-order valence-corrected chi connectivity index (χ0v) is 8.67. The second-order valence-corrected chi connectivity index (χ2v) is 3.70. The van der Waals surface area contributed by atoms with Gasteiger partial charge in [0.1, 0.15) is 0 Å². The number of carbonyl (C=O) groups excluding carboxylic acids is 1. The third kappa shape index (κ3) is 4.07. The average molecular weight is 200 g/mol. The smallest absolute Gasteiger partial charge is 0.236 e. The molecule has 0 aromatic heterocycles. The zero-order valence-electron chi connectivity index (χ0n) is 8.67. The van der Waals surface area contributed by atoms with Crippen LogP contribution in [0.3, 0.4) is 0 Å². The maximum atomic E-state index is 11.3. The number of unbranched alkanes of at least 4 members (excludes halogenated alkanes) is 3. The van der Waals surface area contributed by atoms with Crippen LogP contribution in [-0.2, 0) is 4.79 Å². The summed E-state index contributed by atoms with van der Waals surface area (Å²) in [7, 11) is 0. The third-order valence-corrected chi connectivity index (χ3v) is 2.52. The van der Waals surface area contributed by atoms with Crippen molar-refractivity contribution in [3.05, 3.63) is 0 Å². The number of nitrogens with zero attached hydrogens (tertiary/aromatic N) is 1. The van der Waals surface area contributed by atoms with Gasteiger partial charge in [-0.1, -0.05) is 12.8 Å². The van der Waals surface area contributed by atoms with Gasteiger partial charge in [-0.25, -0.2) is 0 Å². The molecule has 0 saturated carbocycles. The van der Waals surface area contributed by atoms with Crippen LogP contribution in [-0.4, -0.2) is 48.7 Å². The first-order valence-corrected chi connectivity index (χ1v) is 5.44. The van der Waals surface area contributed by atoms with Crippen molar-refractivity contribution in [1.29, 1.82) is 0 Å². The minimum atomic E-state index is 0.221. The highest BCUT2D eigenvalue weighted by atomic mass is 16.2. The molecule has 0 spiro atoms. The van der Waals surface area contributed by atoms with E-state index >= 15 is 0 Å². The minimum absolute atomic E-state index is 0.221. The molecule has 1 saturated heterocycles. The van der Waals surface area contributed by atoms with E-state index in [-0.39, 0.29) is 12.5 Å². The summed E-state index contributed by atoms with van der Waals surface area (Å²) in [5, 5.41) is 11.6.